The maximum atomic E-state index is 12.9. The highest BCUT2D eigenvalue weighted by Crippen LogP contribution is 2.65. The van der Waals surface area contributed by atoms with Crippen LogP contribution < -0.4 is 14.8 Å². The van der Waals surface area contributed by atoms with Crippen molar-refractivity contribution >= 4 is 5.91 Å². The topological polar surface area (TPSA) is 47.6 Å². The van der Waals surface area contributed by atoms with Gasteiger partial charge in [0.1, 0.15) is 0 Å². The number of amides is 1. The molecule has 2 aliphatic rings. The van der Waals surface area contributed by atoms with Crippen molar-refractivity contribution in [2.24, 2.45) is 16.7 Å². The Kier molecular flexibility index (Phi) is 4.56. The summed E-state index contributed by atoms with van der Waals surface area (Å²) in [6.07, 6.45) is 3.81. The zero-order chi connectivity index (χ0) is 18.2. The summed E-state index contributed by atoms with van der Waals surface area (Å²) in [5.41, 5.74) is 1.98. The fourth-order valence-electron chi connectivity index (χ4n) is 4.67. The molecular formula is C21H29NO3. The fourth-order valence-corrected chi connectivity index (χ4v) is 4.67. The van der Waals surface area contributed by atoms with E-state index in [4.69, 9.17) is 9.47 Å². The standard InChI is InChI=1S/C21H29NO3/c1-14-20(2,3)16-8-10-21(14,13-16)19(23)22-11-9-15-6-7-17(24-4)18(12-15)25-5/h6-7,12,16H,1,8-11,13H2,2-5H3,(H,22,23)/t16-,21-/m1/s1. The summed E-state index contributed by atoms with van der Waals surface area (Å²) in [4.78, 5) is 12.9. The van der Waals surface area contributed by atoms with Gasteiger partial charge in [-0.2, -0.15) is 0 Å². The maximum Gasteiger partial charge on any atom is 0.230 e. The van der Waals surface area contributed by atoms with Crippen LogP contribution in [0.2, 0.25) is 0 Å². The van der Waals surface area contributed by atoms with Gasteiger partial charge in [0.15, 0.2) is 11.5 Å². The largest absolute Gasteiger partial charge is 0.493 e. The van der Waals surface area contributed by atoms with Crippen molar-refractivity contribution in [1.82, 2.24) is 5.32 Å². The SMILES string of the molecule is C=C1C(C)(C)[C@@H]2CC[C@@]1(C(=O)NCCc1ccc(OC)c(OC)c1)C2. The van der Waals surface area contributed by atoms with Crippen LogP contribution >= 0.6 is 0 Å². The van der Waals surface area contributed by atoms with Gasteiger partial charge in [-0.1, -0.05) is 32.1 Å². The Bertz CT molecular complexity index is 694. The molecule has 4 nitrogen and oxygen atoms in total. The molecule has 2 bridgehead atoms. The first kappa shape index (κ1) is 17.8. The molecular weight excluding hydrogens is 314 g/mol. The third kappa shape index (κ3) is 2.82. The highest BCUT2D eigenvalue weighted by atomic mass is 16.5. The average Bonchev–Trinajstić information content (AvgIpc) is 3.14. The van der Waals surface area contributed by atoms with Crippen LogP contribution in [0.15, 0.2) is 30.4 Å². The van der Waals surface area contributed by atoms with Gasteiger partial charge >= 0.3 is 0 Å². The molecule has 0 saturated heterocycles. The lowest BCUT2D eigenvalue weighted by Crippen LogP contribution is -2.42. The zero-order valence-corrected chi connectivity index (χ0v) is 15.8. The van der Waals surface area contributed by atoms with Crippen LogP contribution in [-0.2, 0) is 11.2 Å². The van der Waals surface area contributed by atoms with Crippen molar-refractivity contribution in [3.05, 3.63) is 35.9 Å². The number of rotatable bonds is 6. The van der Waals surface area contributed by atoms with Crippen molar-refractivity contribution in [1.29, 1.82) is 0 Å². The molecule has 4 heteroatoms. The second-order valence-corrected chi connectivity index (χ2v) is 7.92. The van der Waals surface area contributed by atoms with E-state index in [0.717, 1.165) is 48.3 Å². The number of methoxy groups -OCH3 is 2. The minimum Gasteiger partial charge on any atom is -0.493 e. The van der Waals surface area contributed by atoms with E-state index in [0.29, 0.717) is 12.5 Å². The Balaban J connectivity index is 1.61. The Morgan fingerprint density at radius 3 is 2.60 bits per heavy atom. The van der Waals surface area contributed by atoms with Crippen molar-refractivity contribution in [2.45, 2.75) is 39.5 Å². The Labute approximate surface area is 150 Å². The Hall–Kier alpha value is -1.97. The molecule has 0 heterocycles. The lowest BCUT2D eigenvalue weighted by atomic mass is 9.68. The number of fused-ring (bicyclic) bond motifs is 2. The highest BCUT2D eigenvalue weighted by Gasteiger charge is 2.60. The van der Waals surface area contributed by atoms with Gasteiger partial charge in [0.2, 0.25) is 5.91 Å². The van der Waals surface area contributed by atoms with Gasteiger partial charge in [-0.05, 0) is 54.7 Å². The molecule has 2 aliphatic carbocycles. The summed E-state index contributed by atoms with van der Waals surface area (Å²) >= 11 is 0. The van der Waals surface area contributed by atoms with Gasteiger partial charge in [-0.25, -0.2) is 0 Å². The van der Waals surface area contributed by atoms with Crippen LogP contribution in [0.4, 0.5) is 0 Å². The van der Waals surface area contributed by atoms with Crippen molar-refractivity contribution in [3.8, 4) is 11.5 Å². The van der Waals surface area contributed by atoms with Crippen molar-refractivity contribution in [3.63, 3.8) is 0 Å². The second kappa shape index (κ2) is 6.40. The predicted octanol–water partition coefficient (Wildman–Crippen LogP) is 3.75. The van der Waals surface area contributed by atoms with E-state index >= 15 is 0 Å². The molecule has 0 spiro atoms. The van der Waals surface area contributed by atoms with Gasteiger partial charge < -0.3 is 14.8 Å². The van der Waals surface area contributed by atoms with Gasteiger partial charge in [0.25, 0.3) is 0 Å². The molecule has 3 rings (SSSR count). The fraction of sp³-hybridized carbons (Fsp3) is 0.571. The van der Waals surface area contributed by atoms with Crippen LogP contribution in [0, 0.1) is 16.7 Å². The summed E-state index contributed by atoms with van der Waals surface area (Å²) in [7, 11) is 3.26. The summed E-state index contributed by atoms with van der Waals surface area (Å²) in [5.74, 6) is 2.19. The van der Waals surface area contributed by atoms with Crippen molar-refractivity contribution < 1.29 is 14.3 Å². The van der Waals surface area contributed by atoms with Crippen LogP contribution in [0.1, 0.15) is 38.7 Å². The molecule has 136 valence electrons. The monoisotopic (exact) mass is 343 g/mol. The lowest BCUT2D eigenvalue weighted by Gasteiger charge is -2.37. The Morgan fingerprint density at radius 1 is 1.28 bits per heavy atom. The first-order valence-electron chi connectivity index (χ1n) is 9.04. The predicted molar refractivity (Wildman–Crippen MR) is 99.0 cm³/mol. The van der Waals surface area contributed by atoms with Crippen LogP contribution in [0.25, 0.3) is 0 Å². The van der Waals surface area contributed by atoms with Crippen LogP contribution in [0.3, 0.4) is 0 Å². The summed E-state index contributed by atoms with van der Waals surface area (Å²) < 4.78 is 10.6. The van der Waals surface area contributed by atoms with Gasteiger partial charge in [0, 0.05) is 6.54 Å². The quantitative estimate of drug-likeness (QED) is 0.800. The maximum absolute atomic E-state index is 12.9. The van der Waals surface area contributed by atoms with E-state index in [1.54, 1.807) is 14.2 Å². The molecule has 1 amide bonds. The Morgan fingerprint density at radius 2 is 2.00 bits per heavy atom. The van der Waals surface area contributed by atoms with E-state index in [1.165, 1.54) is 0 Å². The molecule has 1 aromatic carbocycles. The van der Waals surface area contributed by atoms with Gasteiger partial charge in [0.05, 0.1) is 19.6 Å². The molecule has 1 aromatic rings. The summed E-state index contributed by atoms with van der Waals surface area (Å²) in [6, 6.07) is 5.87. The number of ether oxygens (including phenoxy) is 2. The molecule has 2 fully saturated rings. The third-order valence-electron chi connectivity index (χ3n) is 6.47. The molecule has 0 radical (unpaired) electrons. The summed E-state index contributed by atoms with van der Waals surface area (Å²) in [5, 5.41) is 3.15. The molecule has 0 unspecified atom stereocenters. The van der Waals surface area contributed by atoms with Crippen LogP contribution in [0.5, 0.6) is 11.5 Å². The highest BCUT2D eigenvalue weighted by molar-refractivity contribution is 5.87. The molecule has 0 aromatic heterocycles. The lowest BCUT2D eigenvalue weighted by molar-refractivity contribution is -0.128. The first-order chi connectivity index (χ1) is 11.8. The van der Waals surface area contributed by atoms with E-state index in [-0.39, 0.29) is 16.7 Å². The molecule has 2 saturated carbocycles. The zero-order valence-electron chi connectivity index (χ0n) is 15.8. The second-order valence-electron chi connectivity index (χ2n) is 7.92. The minimum atomic E-state index is -0.342. The molecule has 0 aliphatic heterocycles. The van der Waals surface area contributed by atoms with E-state index in [9.17, 15) is 4.79 Å². The number of carbonyl (C=O) groups is 1. The normalized spacial score (nSPS) is 26.6. The van der Waals surface area contributed by atoms with Gasteiger partial charge in [-0.3, -0.25) is 4.79 Å². The summed E-state index contributed by atoms with van der Waals surface area (Å²) in [6.45, 7) is 9.39. The average molecular weight is 343 g/mol. The number of carbonyl (C=O) groups excluding carboxylic acids is 1. The smallest absolute Gasteiger partial charge is 0.230 e. The van der Waals surface area contributed by atoms with E-state index < -0.39 is 0 Å². The van der Waals surface area contributed by atoms with E-state index in [1.807, 2.05) is 18.2 Å². The molecule has 25 heavy (non-hydrogen) atoms. The first-order valence-corrected chi connectivity index (χ1v) is 9.04. The number of nitrogens with one attached hydrogen (secondary N) is 1. The number of hydrogen-bond donors (Lipinski definition) is 1. The number of benzene rings is 1. The molecule has 2 atom stereocenters. The van der Waals surface area contributed by atoms with E-state index in [2.05, 4.69) is 25.7 Å². The third-order valence-corrected chi connectivity index (χ3v) is 6.47. The number of hydrogen-bond acceptors (Lipinski definition) is 3. The minimum absolute atomic E-state index is 0.0823. The van der Waals surface area contributed by atoms with Crippen molar-refractivity contribution in [2.75, 3.05) is 20.8 Å². The van der Waals surface area contributed by atoms with Gasteiger partial charge in [-0.15, -0.1) is 0 Å². The molecule has 1 N–H and O–H groups in total. The van der Waals surface area contributed by atoms with Crippen LogP contribution in [-0.4, -0.2) is 26.7 Å².